The van der Waals surface area contributed by atoms with E-state index in [1.165, 1.54) is 16.7 Å². The van der Waals surface area contributed by atoms with E-state index in [9.17, 15) is 0 Å². The number of aliphatic carboxylic acids is 2. The van der Waals surface area contributed by atoms with E-state index in [1.807, 2.05) is 7.05 Å². The van der Waals surface area contributed by atoms with Crippen molar-refractivity contribution < 1.29 is 24.5 Å². The van der Waals surface area contributed by atoms with Gasteiger partial charge in [-0.3, -0.25) is 0 Å². The Kier molecular flexibility index (Phi) is 8.15. The fourth-order valence-corrected chi connectivity index (χ4v) is 4.22. The number of carboxylic acids is 2. The number of rotatable bonds is 7. The predicted molar refractivity (Wildman–Crippen MR) is 115 cm³/mol. The lowest BCUT2D eigenvalue weighted by atomic mass is 9.80. The molecule has 2 aromatic carbocycles. The van der Waals surface area contributed by atoms with Crippen molar-refractivity contribution in [3.63, 3.8) is 0 Å². The predicted octanol–water partition coefficient (Wildman–Crippen LogP) is 4.13. The molecule has 0 amide bonds. The van der Waals surface area contributed by atoms with E-state index in [0.717, 1.165) is 32.2 Å². The Bertz CT molecular complexity index is 836. The Morgan fingerprint density at radius 3 is 1.93 bits per heavy atom. The third kappa shape index (κ3) is 4.71. The van der Waals surface area contributed by atoms with E-state index in [2.05, 4.69) is 73.8 Å². The van der Waals surface area contributed by atoms with E-state index in [0.29, 0.717) is 0 Å². The third-order valence-corrected chi connectivity index (χ3v) is 5.74. The minimum absolute atomic E-state index is 0.175. The van der Waals surface area contributed by atoms with Crippen LogP contribution in [0.1, 0.15) is 56.2 Å². The largest absolute Gasteiger partial charge is 0.473 e. The van der Waals surface area contributed by atoms with Crippen molar-refractivity contribution in [2.45, 2.75) is 50.7 Å². The first-order valence-corrected chi connectivity index (χ1v) is 10.3. The van der Waals surface area contributed by atoms with E-state index in [1.54, 1.807) is 0 Å². The van der Waals surface area contributed by atoms with Gasteiger partial charge in [0.05, 0.1) is 5.60 Å². The van der Waals surface area contributed by atoms with Crippen LogP contribution in [-0.4, -0.2) is 35.7 Å². The van der Waals surface area contributed by atoms with Gasteiger partial charge in [-0.1, -0.05) is 68.4 Å². The highest BCUT2D eigenvalue weighted by molar-refractivity contribution is 6.27. The fourth-order valence-electron chi connectivity index (χ4n) is 4.22. The second-order valence-corrected chi connectivity index (χ2v) is 7.36. The molecule has 0 saturated heterocycles. The molecule has 3 rings (SSSR count). The number of carboxylic acid groups (broad SMARTS) is 2. The Balaban J connectivity index is 0.000000469. The summed E-state index contributed by atoms with van der Waals surface area (Å²) in [6, 6.07) is 19.6. The monoisotopic (exact) mass is 413 g/mol. The van der Waals surface area contributed by atoms with Crippen molar-refractivity contribution in [3.8, 4) is 0 Å². The summed E-state index contributed by atoms with van der Waals surface area (Å²) in [5.41, 5.74) is 3.50. The van der Waals surface area contributed by atoms with Gasteiger partial charge in [-0.15, -0.1) is 0 Å². The van der Waals surface area contributed by atoms with Gasteiger partial charge < -0.3 is 20.3 Å². The molecular weight excluding hydrogens is 382 g/mol. The van der Waals surface area contributed by atoms with Gasteiger partial charge in [-0.25, -0.2) is 9.59 Å². The summed E-state index contributed by atoms with van der Waals surface area (Å²) in [5.74, 6) is -3.65. The molecule has 1 unspecified atom stereocenters. The smallest absolute Gasteiger partial charge is 0.414 e. The Morgan fingerprint density at radius 2 is 1.43 bits per heavy atom. The summed E-state index contributed by atoms with van der Waals surface area (Å²) < 4.78 is 7.01. The van der Waals surface area contributed by atoms with Gasteiger partial charge in [0.25, 0.3) is 0 Å². The van der Waals surface area contributed by atoms with Gasteiger partial charge in [0, 0.05) is 0 Å². The highest BCUT2D eigenvalue weighted by Crippen LogP contribution is 2.55. The molecule has 1 aliphatic rings. The molecular formula is C24H31NO5. The number of carbonyl (C=O) groups is 2. The van der Waals surface area contributed by atoms with Gasteiger partial charge in [0.15, 0.2) is 0 Å². The molecule has 0 aromatic heterocycles. The van der Waals surface area contributed by atoms with Gasteiger partial charge >= 0.3 is 11.9 Å². The normalized spacial score (nSPS) is 18.8. The van der Waals surface area contributed by atoms with Crippen molar-refractivity contribution in [2.75, 3.05) is 13.6 Å². The van der Waals surface area contributed by atoms with Crippen LogP contribution in [-0.2, 0) is 25.5 Å². The maximum Gasteiger partial charge on any atom is 0.414 e. The summed E-state index contributed by atoms with van der Waals surface area (Å²) in [5, 5.41) is 18.1. The van der Waals surface area contributed by atoms with E-state index >= 15 is 0 Å². The van der Waals surface area contributed by atoms with Gasteiger partial charge in [0.1, 0.15) is 5.60 Å². The maximum atomic E-state index is 9.10. The zero-order valence-corrected chi connectivity index (χ0v) is 17.9. The fraction of sp³-hybridized carbons (Fsp3) is 0.417. The molecule has 1 heterocycles. The van der Waals surface area contributed by atoms with Crippen molar-refractivity contribution in [3.05, 3.63) is 71.3 Å². The van der Waals surface area contributed by atoms with E-state index < -0.39 is 11.9 Å². The standard InChI is InChI=1S/C22H29NO.C2H2O4/c1-4-21(5-2)19-14-9-10-15-20(19)22(24-21,16-11-17-23-3)18-12-7-6-8-13-18;3-1(4)2(5)6/h6-10,12-15,23H,4-5,11,16-17H2,1-3H3;(H,3,4)(H,5,6). The highest BCUT2D eigenvalue weighted by Gasteiger charge is 2.51. The molecule has 6 nitrogen and oxygen atoms in total. The zero-order chi connectivity index (χ0) is 22.2. The summed E-state index contributed by atoms with van der Waals surface area (Å²) in [6.45, 7) is 5.50. The minimum atomic E-state index is -1.82. The topological polar surface area (TPSA) is 95.9 Å². The van der Waals surface area contributed by atoms with Crippen molar-refractivity contribution in [2.24, 2.45) is 0 Å². The van der Waals surface area contributed by atoms with Crippen LogP contribution < -0.4 is 5.32 Å². The molecule has 0 aliphatic carbocycles. The molecule has 30 heavy (non-hydrogen) atoms. The molecule has 2 aromatic rings. The summed E-state index contributed by atoms with van der Waals surface area (Å²) in [4.78, 5) is 18.2. The first-order chi connectivity index (χ1) is 14.4. The van der Waals surface area contributed by atoms with Gasteiger partial charge in [-0.05, 0) is 56.0 Å². The number of hydrogen-bond donors (Lipinski definition) is 3. The Hall–Kier alpha value is -2.70. The molecule has 0 spiro atoms. The molecule has 1 aliphatic heterocycles. The minimum Gasteiger partial charge on any atom is -0.473 e. The SMILES string of the molecule is CCC1(CC)OC(CCCNC)(c2ccccc2)c2ccccc21.O=C(O)C(=O)O. The second-order valence-electron chi connectivity index (χ2n) is 7.36. The number of fused-ring (bicyclic) bond motifs is 1. The van der Waals surface area contributed by atoms with Crippen LogP contribution in [0.3, 0.4) is 0 Å². The van der Waals surface area contributed by atoms with Crippen LogP contribution in [0.4, 0.5) is 0 Å². The summed E-state index contributed by atoms with van der Waals surface area (Å²) >= 11 is 0. The van der Waals surface area contributed by atoms with Crippen molar-refractivity contribution in [1.82, 2.24) is 5.32 Å². The number of hydrogen-bond acceptors (Lipinski definition) is 4. The Morgan fingerprint density at radius 1 is 0.900 bits per heavy atom. The Labute approximate surface area is 177 Å². The number of benzene rings is 2. The summed E-state index contributed by atoms with van der Waals surface area (Å²) in [7, 11) is 2.01. The maximum absolute atomic E-state index is 9.10. The lowest BCUT2D eigenvalue weighted by Crippen LogP contribution is -2.33. The average Bonchev–Trinajstić information content (AvgIpc) is 3.07. The van der Waals surface area contributed by atoms with Crippen molar-refractivity contribution >= 4 is 11.9 Å². The lowest BCUT2D eigenvalue weighted by molar-refractivity contribution is -0.159. The summed E-state index contributed by atoms with van der Waals surface area (Å²) in [6.07, 6.45) is 4.09. The molecule has 3 N–H and O–H groups in total. The van der Waals surface area contributed by atoms with Crippen LogP contribution in [0.25, 0.3) is 0 Å². The van der Waals surface area contributed by atoms with Gasteiger partial charge in [-0.2, -0.15) is 0 Å². The van der Waals surface area contributed by atoms with Crippen LogP contribution in [0, 0.1) is 0 Å². The number of ether oxygens (including phenoxy) is 1. The molecule has 0 fully saturated rings. The lowest BCUT2D eigenvalue weighted by Gasteiger charge is -2.36. The first kappa shape index (κ1) is 23.6. The number of nitrogens with one attached hydrogen (secondary N) is 1. The molecule has 162 valence electrons. The van der Waals surface area contributed by atoms with Crippen LogP contribution >= 0.6 is 0 Å². The van der Waals surface area contributed by atoms with E-state index in [4.69, 9.17) is 24.5 Å². The van der Waals surface area contributed by atoms with Crippen molar-refractivity contribution in [1.29, 1.82) is 0 Å². The third-order valence-electron chi connectivity index (χ3n) is 5.74. The molecule has 0 radical (unpaired) electrons. The molecule has 1 atom stereocenters. The average molecular weight is 414 g/mol. The van der Waals surface area contributed by atoms with Gasteiger partial charge in [0.2, 0.25) is 0 Å². The van der Waals surface area contributed by atoms with Crippen LogP contribution in [0.15, 0.2) is 54.6 Å². The zero-order valence-electron chi connectivity index (χ0n) is 17.9. The van der Waals surface area contributed by atoms with E-state index in [-0.39, 0.29) is 11.2 Å². The quantitative estimate of drug-likeness (QED) is 0.467. The molecule has 6 heteroatoms. The molecule has 0 saturated carbocycles. The van der Waals surface area contributed by atoms with Crippen LogP contribution in [0.2, 0.25) is 0 Å². The first-order valence-electron chi connectivity index (χ1n) is 10.3. The molecule has 0 bridgehead atoms. The second kappa shape index (κ2) is 10.4. The van der Waals surface area contributed by atoms with Crippen LogP contribution in [0.5, 0.6) is 0 Å². The highest BCUT2D eigenvalue weighted by atomic mass is 16.5.